The van der Waals surface area contributed by atoms with E-state index in [0.29, 0.717) is 13.0 Å². The minimum Gasteiger partial charge on any atom is -0.360 e. The largest absolute Gasteiger partial charge is 0.360 e. The molecular formula is C22H30N4O. The Morgan fingerprint density at radius 2 is 1.93 bits per heavy atom. The Bertz CT molecular complexity index is 775. The number of fused-ring (bicyclic) bond motifs is 1. The second kappa shape index (κ2) is 8.98. The van der Waals surface area contributed by atoms with Gasteiger partial charge in [0.15, 0.2) is 5.82 Å². The monoisotopic (exact) mass is 366 g/mol. The molecule has 0 saturated heterocycles. The van der Waals surface area contributed by atoms with Gasteiger partial charge in [-0.25, -0.2) is 9.97 Å². The molecule has 5 nitrogen and oxygen atoms in total. The summed E-state index contributed by atoms with van der Waals surface area (Å²) in [4.78, 5) is 26.5. The Hall–Kier alpha value is -2.43. The van der Waals surface area contributed by atoms with Crippen LogP contribution in [0.15, 0.2) is 30.3 Å². The second-order valence-corrected chi connectivity index (χ2v) is 7.20. The van der Waals surface area contributed by atoms with Crippen LogP contribution in [-0.4, -0.2) is 40.9 Å². The van der Waals surface area contributed by atoms with Gasteiger partial charge in [-0.15, -0.1) is 0 Å². The summed E-state index contributed by atoms with van der Waals surface area (Å²) in [6.45, 7) is 6.51. The first-order chi connectivity index (χ1) is 13.1. The van der Waals surface area contributed by atoms with Crippen molar-refractivity contribution in [3.63, 3.8) is 0 Å². The SMILES string of the molecule is CCCCCC(=O)N1CCc2nc(-c3ccccc3)nc(N(C)CC)c2C1. The van der Waals surface area contributed by atoms with Crippen LogP contribution in [0, 0.1) is 0 Å². The van der Waals surface area contributed by atoms with Crippen LogP contribution in [0.2, 0.25) is 0 Å². The van der Waals surface area contributed by atoms with Crippen LogP contribution in [0.25, 0.3) is 11.4 Å². The summed E-state index contributed by atoms with van der Waals surface area (Å²) in [6, 6.07) is 10.1. The minimum atomic E-state index is 0.256. The quantitative estimate of drug-likeness (QED) is 0.693. The molecule has 5 heteroatoms. The molecular weight excluding hydrogens is 336 g/mol. The highest BCUT2D eigenvalue weighted by Gasteiger charge is 2.26. The number of carbonyl (C=O) groups is 1. The molecule has 144 valence electrons. The van der Waals surface area contributed by atoms with Crippen molar-refractivity contribution in [3.05, 3.63) is 41.6 Å². The van der Waals surface area contributed by atoms with Gasteiger partial charge < -0.3 is 9.80 Å². The Morgan fingerprint density at radius 1 is 1.15 bits per heavy atom. The summed E-state index contributed by atoms with van der Waals surface area (Å²) in [6.07, 6.45) is 4.66. The van der Waals surface area contributed by atoms with Crippen LogP contribution in [0.5, 0.6) is 0 Å². The lowest BCUT2D eigenvalue weighted by Gasteiger charge is -2.31. The molecule has 0 unspecified atom stereocenters. The van der Waals surface area contributed by atoms with E-state index in [0.717, 1.165) is 67.2 Å². The van der Waals surface area contributed by atoms with Crippen molar-refractivity contribution in [2.75, 3.05) is 25.0 Å². The van der Waals surface area contributed by atoms with Gasteiger partial charge in [-0.3, -0.25) is 4.79 Å². The number of anilines is 1. The fourth-order valence-corrected chi connectivity index (χ4v) is 3.48. The van der Waals surface area contributed by atoms with Crippen molar-refractivity contribution in [2.24, 2.45) is 0 Å². The van der Waals surface area contributed by atoms with Crippen molar-refractivity contribution < 1.29 is 4.79 Å². The maximum atomic E-state index is 12.6. The van der Waals surface area contributed by atoms with E-state index in [1.165, 1.54) is 0 Å². The molecule has 1 aromatic heterocycles. The number of benzene rings is 1. The molecule has 2 heterocycles. The molecule has 0 fully saturated rings. The summed E-state index contributed by atoms with van der Waals surface area (Å²) >= 11 is 0. The third-order valence-corrected chi connectivity index (χ3v) is 5.25. The van der Waals surface area contributed by atoms with Gasteiger partial charge in [0.25, 0.3) is 0 Å². The van der Waals surface area contributed by atoms with Crippen LogP contribution in [0.3, 0.4) is 0 Å². The van der Waals surface area contributed by atoms with E-state index >= 15 is 0 Å². The van der Waals surface area contributed by atoms with Crippen LogP contribution in [-0.2, 0) is 17.8 Å². The van der Waals surface area contributed by atoms with Crippen molar-refractivity contribution in [2.45, 2.75) is 52.5 Å². The molecule has 3 rings (SSSR count). The number of hydrogen-bond donors (Lipinski definition) is 0. The maximum Gasteiger partial charge on any atom is 0.222 e. The number of nitrogens with zero attached hydrogens (tertiary/aromatic N) is 4. The van der Waals surface area contributed by atoms with Gasteiger partial charge in [0, 0.05) is 44.1 Å². The Labute approximate surface area is 162 Å². The van der Waals surface area contributed by atoms with Gasteiger partial charge in [-0.05, 0) is 13.3 Å². The smallest absolute Gasteiger partial charge is 0.222 e. The number of rotatable bonds is 7. The highest BCUT2D eigenvalue weighted by molar-refractivity contribution is 5.77. The molecule has 0 aliphatic carbocycles. The Balaban J connectivity index is 1.89. The number of hydrogen-bond acceptors (Lipinski definition) is 4. The molecule has 0 atom stereocenters. The van der Waals surface area contributed by atoms with Gasteiger partial charge in [0.2, 0.25) is 5.91 Å². The maximum absolute atomic E-state index is 12.6. The van der Waals surface area contributed by atoms with Gasteiger partial charge >= 0.3 is 0 Å². The molecule has 1 aromatic carbocycles. The molecule has 0 N–H and O–H groups in total. The zero-order valence-electron chi connectivity index (χ0n) is 16.7. The first-order valence-corrected chi connectivity index (χ1v) is 10.1. The molecule has 0 radical (unpaired) electrons. The molecule has 0 bridgehead atoms. The van der Waals surface area contributed by atoms with Crippen LogP contribution < -0.4 is 4.90 Å². The summed E-state index contributed by atoms with van der Waals surface area (Å²) in [5.74, 6) is 1.98. The number of aromatic nitrogens is 2. The fraction of sp³-hybridized carbons (Fsp3) is 0.500. The summed E-state index contributed by atoms with van der Waals surface area (Å²) in [7, 11) is 2.05. The van der Waals surface area contributed by atoms with E-state index < -0.39 is 0 Å². The zero-order valence-corrected chi connectivity index (χ0v) is 16.7. The number of amides is 1. The van der Waals surface area contributed by atoms with Crippen molar-refractivity contribution in [1.82, 2.24) is 14.9 Å². The van der Waals surface area contributed by atoms with E-state index in [-0.39, 0.29) is 5.91 Å². The normalized spacial score (nSPS) is 13.4. The molecule has 1 aliphatic heterocycles. The average Bonchev–Trinajstić information content (AvgIpc) is 2.72. The lowest BCUT2D eigenvalue weighted by molar-refractivity contribution is -0.132. The van der Waals surface area contributed by atoms with E-state index in [1.807, 2.05) is 35.2 Å². The predicted molar refractivity (Wildman–Crippen MR) is 110 cm³/mol. The predicted octanol–water partition coefficient (Wildman–Crippen LogP) is 4.06. The zero-order chi connectivity index (χ0) is 19.2. The third-order valence-electron chi connectivity index (χ3n) is 5.25. The van der Waals surface area contributed by atoms with Crippen LogP contribution in [0.1, 0.15) is 50.8 Å². The van der Waals surface area contributed by atoms with Crippen molar-refractivity contribution in [3.8, 4) is 11.4 Å². The molecule has 2 aromatic rings. The Morgan fingerprint density at radius 3 is 2.63 bits per heavy atom. The summed E-state index contributed by atoms with van der Waals surface area (Å²) < 4.78 is 0. The van der Waals surface area contributed by atoms with Crippen LogP contribution >= 0.6 is 0 Å². The Kier molecular flexibility index (Phi) is 6.43. The standard InChI is InChI=1S/C22H30N4O/c1-4-6-8-13-20(27)26-15-14-19-18(16-26)22(25(3)5-2)24-21(23-19)17-11-9-7-10-12-17/h7,9-12H,4-6,8,13-16H2,1-3H3. The van der Waals surface area contributed by atoms with Crippen LogP contribution in [0.4, 0.5) is 5.82 Å². The van der Waals surface area contributed by atoms with E-state index in [1.54, 1.807) is 0 Å². The van der Waals surface area contributed by atoms with Gasteiger partial charge in [-0.1, -0.05) is 50.1 Å². The number of carbonyl (C=O) groups excluding carboxylic acids is 1. The summed E-state index contributed by atoms with van der Waals surface area (Å²) in [5.41, 5.74) is 3.22. The topological polar surface area (TPSA) is 49.3 Å². The molecule has 1 aliphatic rings. The number of unbranched alkanes of at least 4 members (excludes halogenated alkanes) is 2. The molecule has 27 heavy (non-hydrogen) atoms. The van der Waals surface area contributed by atoms with E-state index in [9.17, 15) is 4.79 Å². The highest BCUT2D eigenvalue weighted by atomic mass is 16.2. The van der Waals surface area contributed by atoms with Gasteiger partial charge in [0.05, 0.1) is 12.2 Å². The van der Waals surface area contributed by atoms with Gasteiger partial charge in [-0.2, -0.15) is 0 Å². The first kappa shape index (κ1) is 19.3. The molecule has 0 spiro atoms. The van der Waals surface area contributed by atoms with Crippen molar-refractivity contribution in [1.29, 1.82) is 0 Å². The first-order valence-electron chi connectivity index (χ1n) is 10.1. The minimum absolute atomic E-state index is 0.256. The van der Waals surface area contributed by atoms with E-state index in [4.69, 9.17) is 9.97 Å². The highest BCUT2D eigenvalue weighted by Crippen LogP contribution is 2.29. The average molecular weight is 367 g/mol. The van der Waals surface area contributed by atoms with E-state index in [2.05, 4.69) is 25.8 Å². The van der Waals surface area contributed by atoms with Gasteiger partial charge in [0.1, 0.15) is 5.82 Å². The molecule has 1 amide bonds. The summed E-state index contributed by atoms with van der Waals surface area (Å²) in [5, 5.41) is 0. The second-order valence-electron chi connectivity index (χ2n) is 7.20. The third kappa shape index (κ3) is 4.46. The molecule has 0 saturated carbocycles. The lowest BCUT2D eigenvalue weighted by Crippen LogP contribution is -2.37. The van der Waals surface area contributed by atoms with Crippen molar-refractivity contribution >= 4 is 11.7 Å². The fourth-order valence-electron chi connectivity index (χ4n) is 3.48. The lowest BCUT2D eigenvalue weighted by atomic mass is 10.0.